The molecule has 0 aromatic carbocycles. The smallest absolute Gasteiger partial charge is 0.462 e. The summed E-state index contributed by atoms with van der Waals surface area (Å²) in [7, 11) is -4.64. The van der Waals surface area contributed by atoms with E-state index in [1.165, 1.54) is 64.2 Å². The zero-order valence-electron chi connectivity index (χ0n) is 35.5. The van der Waals surface area contributed by atoms with E-state index in [1.54, 1.807) is 0 Å². The third-order valence-electron chi connectivity index (χ3n) is 8.85. The van der Waals surface area contributed by atoms with Crippen LogP contribution in [-0.2, 0) is 32.7 Å². The third-order valence-corrected chi connectivity index (χ3v) is 9.80. The van der Waals surface area contributed by atoms with Crippen molar-refractivity contribution in [1.82, 2.24) is 0 Å². The zero-order valence-corrected chi connectivity index (χ0v) is 36.4. The van der Waals surface area contributed by atoms with Crippen molar-refractivity contribution in [3.63, 3.8) is 0 Å². The number of allylic oxidation sites excluding steroid dienone is 12. The van der Waals surface area contributed by atoms with E-state index in [0.29, 0.717) is 12.8 Å². The average Bonchev–Trinajstić information content (AvgIpc) is 3.20. The summed E-state index contributed by atoms with van der Waals surface area (Å²) in [6, 6.07) is 0. The molecule has 0 rings (SSSR count). The molecular weight excluding hydrogens is 743 g/mol. The van der Waals surface area contributed by atoms with Crippen molar-refractivity contribution in [2.45, 2.75) is 180 Å². The summed E-state index contributed by atoms with van der Waals surface area (Å²) in [5.74, 6) is -1.04. The fraction of sp³-hybridized carbons (Fsp3) is 0.696. The molecule has 0 fully saturated rings. The van der Waals surface area contributed by atoms with Gasteiger partial charge in [-0.1, -0.05) is 151 Å². The molecule has 57 heavy (non-hydrogen) atoms. The van der Waals surface area contributed by atoms with Gasteiger partial charge >= 0.3 is 19.8 Å². The number of rotatable bonds is 40. The highest BCUT2D eigenvalue weighted by Crippen LogP contribution is 2.43. The van der Waals surface area contributed by atoms with Gasteiger partial charge in [0.2, 0.25) is 0 Å². The molecule has 3 N–H and O–H groups in total. The van der Waals surface area contributed by atoms with E-state index in [0.717, 1.165) is 64.2 Å². The van der Waals surface area contributed by atoms with E-state index in [1.807, 2.05) is 12.2 Å². The van der Waals surface area contributed by atoms with Crippen molar-refractivity contribution in [2.75, 3.05) is 26.4 Å². The first-order chi connectivity index (χ1) is 27.7. The highest BCUT2D eigenvalue weighted by atomic mass is 31.2. The third kappa shape index (κ3) is 41.4. The molecule has 10 nitrogen and oxygen atoms in total. The number of esters is 2. The lowest BCUT2D eigenvalue weighted by Crippen LogP contribution is -2.29. The number of unbranched alkanes of at least 4 members (excludes halogenated alkanes) is 14. The summed E-state index contributed by atoms with van der Waals surface area (Å²) in [5, 5.41) is 18.3. The molecule has 0 saturated carbocycles. The summed E-state index contributed by atoms with van der Waals surface area (Å²) in [4.78, 5) is 34.9. The van der Waals surface area contributed by atoms with Gasteiger partial charge in [-0.25, -0.2) is 4.57 Å². The van der Waals surface area contributed by atoms with Gasteiger partial charge < -0.3 is 24.6 Å². The van der Waals surface area contributed by atoms with Gasteiger partial charge in [0, 0.05) is 12.8 Å². The Morgan fingerprint density at radius 3 is 1.49 bits per heavy atom. The van der Waals surface area contributed by atoms with E-state index in [2.05, 4.69) is 79.1 Å². The molecule has 0 bridgehead atoms. The SMILES string of the molecule is CCCCC/C=C\C/C=C\C/C=C\C/C=C\C/C=C\CCC(=O)OC[C@H](COP(=O)(O)OC[C@@H](O)CO)OC(=O)CCCCCCC/C=C\CCCCCCCC. The average molecular weight is 823 g/mol. The predicted molar refractivity (Wildman–Crippen MR) is 233 cm³/mol. The molecule has 1 unspecified atom stereocenters. The normalized spacial score (nSPS) is 14.5. The second-order valence-corrected chi connectivity index (χ2v) is 15.8. The van der Waals surface area contributed by atoms with Gasteiger partial charge in [0.1, 0.15) is 12.7 Å². The molecule has 0 spiro atoms. The number of hydrogen-bond acceptors (Lipinski definition) is 9. The maximum absolute atomic E-state index is 12.6. The minimum atomic E-state index is -4.64. The van der Waals surface area contributed by atoms with Crippen molar-refractivity contribution in [3.05, 3.63) is 72.9 Å². The molecule has 0 saturated heterocycles. The Labute approximate surface area is 346 Å². The van der Waals surface area contributed by atoms with E-state index in [4.69, 9.17) is 19.1 Å². The first-order valence-electron chi connectivity index (χ1n) is 21.9. The fourth-order valence-electron chi connectivity index (χ4n) is 5.44. The molecule has 0 amide bonds. The Hall–Kier alpha value is -2.59. The summed E-state index contributed by atoms with van der Waals surface area (Å²) in [5.41, 5.74) is 0. The molecule has 328 valence electrons. The van der Waals surface area contributed by atoms with Gasteiger partial charge in [0.25, 0.3) is 0 Å². The van der Waals surface area contributed by atoms with Crippen molar-refractivity contribution >= 4 is 19.8 Å². The number of phosphoric ester groups is 1. The maximum atomic E-state index is 12.6. The molecule has 3 atom stereocenters. The Morgan fingerprint density at radius 1 is 0.526 bits per heavy atom. The lowest BCUT2D eigenvalue weighted by atomic mass is 10.1. The number of carbonyl (C=O) groups is 2. The first-order valence-corrected chi connectivity index (χ1v) is 23.4. The fourth-order valence-corrected chi connectivity index (χ4v) is 6.23. The van der Waals surface area contributed by atoms with Gasteiger partial charge in [-0.2, -0.15) is 0 Å². The Morgan fingerprint density at radius 2 is 0.947 bits per heavy atom. The molecule has 0 aromatic heterocycles. The number of hydrogen-bond donors (Lipinski definition) is 3. The topological polar surface area (TPSA) is 149 Å². The van der Waals surface area contributed by atoms with Crippen molar-refractivity contribution in [1.29, 1.82) is 0 Å². The van der Waals surface area contributed by atoms with Gasteiger partial charge in [-0.05, 0) is 77.0 Å². The monoisotopic (exact) mass is 823 g/mol. The van der Waals surface area contributed by atoms with Gasteiger partial charge in [-0.15, -0.1) is 0 Å². The standard InChI is InChI=1S/C46H79O10P/c1-3-5-7-9-11-13-15-17-19-20-21-22-24-25-27-29-31-33-35-37-45(49)53-41-44(42-55-57(51,52)54-40-43(48)39-47)56-46(50)38-36-34-32-30-28-26-23-18-16-14-12-10-8-6-4-2/h11,13,17-19,21-23,25,27,31,33,43-44,47-48H,3-10,12,14-16,20,24,26,28-30,32,34-42H2,1-2H3,(H,51,52)/b13-11-,19-17-,22-21-,23-18-,27-25-,33-31-/t43-,44+/m0/s1. The van der Waals surface area contributed by atoms with Crippen LogP contribution in [0.25, 0.3) is 0 Å². The van der Waals surface area contributed by atoms with Crippen LogP contribution in [0.5, 0.6) is 0 Å². The molecule has 11 heteroatoms. The van der Waals surface area contributed by atoms with E-state index in [9.17, 15) is 24.2 Å². The molecule has 0 aromatic rings. The Bertz CT molecular complexity index is 1180. The molecule has 0 aliphatic carbocycles. The second kappa shape index (κ2) is 41.6. The van der Waals surface area contributed by atoms with Crippen LogP contribution < -0.4 is 0 Å². The van der Waals surface area contributed by atoms with Crippen LogP contribution in [0.4, 0.5) is 0 Å². The minimum absolute atomic E-state index is 0.113. The molecule has 0 radical (unpaired) electrons. The predicted octanol–water partition coefficient (Wildman–Crippen LogP) is 11.7. The summed E-state index contributed by atoms with van der Waals surface area (Å²) in [6.45, 7) is 2.24. The van der Waals surface area contributed by atoms with Crippen LogP contribution in [0.3, 0.4) is 0 Å². The molecule has 0 aliphatic rings. The van der Waals surface area contributed by atoms with Crippen LogP contribution in [0, 0.1) is 0 Å². The highest BCUT2D eigenvalue weighted by Gasteiger charge is 2.27. The van der Waals surface area contributed by atoms with Crippen LogP contribution in [0.15, 0.2) is 72.9 Å². The zero-order chi connectivity index (χ0) is 41.9. The van der Waals surface area contributed by atoms with Gasteiger partial charge in [-0.3, -0.25) is 18.6 Å². The largest absolute Gasteiger partial charge is 0.472 e. The van der Waals surface area contributed by atoms with E-state index >= 15 is 0 Å². The first kappa shape index (κ1) is 54.4. The number of aliphatic hydroxyl groups is 2. The molecule has 0 aliphatic heterocycles. The van der Waals surface area contributed by atoms with Crippen molar-refractivity contribution < 1.29 is 47.8 Å². The number of carbonyl (C=O) groups excluding carboxylic acids is 2. The Kier molecular flexibility index (Phi) is 39.7. The maximum Gasteiger partial charge on any atom is 0.472 e. The van der Waals surface area contributed by atoms with Crippen LogP contribution in [0.1, 0.15) is 168 Å². The van der Waals surface area contributed by atoms with Crippen LogP contribution in [0.2, 0.25) is 0 Å². The van der Waals surface area contributed by atoms with Gasteiger partial charge in [0.05, 0.1) is 19.8 Å². The summed E-state index contributed by atoms with van der Waals surface area (Å²) < 4.78 is 32.6. The highest BCUT2D eigenvalue weighted by molar-refractivity contribution is 7.47. The number of ether oxygens (including phenoxy) is 2. The van der Waals surface area contributed by atoms with E-state index in [-0.39, 0.29) is 19.4 Å². The number of phosphoric acid groups is 1. The lowest BCUT2D eigenvalue weighted by molar-refractivity contribution is -0.161. The minimum Gasteiger partial charge on any atom is -0.462 e. The number of aliphatic hydroxyl groups excluding tert-OH is 2. The quantitative estimate of drug-likeness (QED) is 0.0236. The lowest BCUT2D eigenvalue weighted by Gasteiger charge is -2.20. The molecular formula is C46H79O10P. The summed E-state index contributed by atoms with van der Waals surface area (Å²) in [6.07, 6.45) is 47.4. The molecule has 0 heterocycles. The second-order valence-electron chi connectivity index (χ2n) is 14.4. The Balaban J connectivity index is 4.44. The van der Waals surface area contributed by atoms with Gasteiger partial charge in [0.15, 0.2) is 6.10 Å². The van der Waals surface area contributed by atoms with Crippen molar-refractivity contribution in [3.8, 4) is 0 Å². The van der Waals surface area contributed by atoms with E-state index < -0.39 is 51.8 Å². The van der Waals surface area contributed by atoms with Crippen LogP contribution in [-0.4, -0.2) is 65.7 Å². The van der Waals surface area contributed by atoms with Crippen LogP contribution >= 0.6 is 7.82 Å². The van der Waals surface area contributed by atoms with Crippen molar-refractivity contribution in [2.24, 2.45) is 0 Å². The summed E-state index contributed by atoms with van der Waals surface area (Å²) >= 11 is 0.